The van der Waals surface area contributed by atoms with E-state index in [0.29, 0.717) is 10.8 Å². The van der Waals surface area contributed by atoms with E-state index in [-0.39, 0.29) is 11.8 Å². The minimum atomic E-state index is -0.551. The van der Waals surface area contributed by atoms with E-state index in [1.165, 1.54) is 17.3 Å². The van der Waals surface area contributed by atoms with Crippen molar-refractivity contribution in [3.05, 3.63) is 52.4 Å². The minimum absolute atomic E-state index is 0.111. The van der Waals surface area contributed by atoms with Crippen LogP contribution in [0.1, 0.15) is 26.3 Å². The summed E-state index contributed by atoms with van der Waals surface area (Å²) in [5, 5.41) is 0.798. The average Bonchev–Trinajstić information content (AvgIpc) is 2.44. The number of amides is 1. The van der Waals surface area contributed by atoms with Crippen LogP contribution in [0.25, 0.3) is 0 Å². The van der Waals surface area contributed by atoms with Crippen molar-refractivity contribution in [1.82, 2.24) is 9.97 Å². The van der Waals surface area contributed by atoms with E-state index in [1.54, 1.807) is 18.2 Å². The Bertz CT molecular complexity index is 702. The van der Waals surface area contributed by atoms with Gasteiger partial charge in [0.2, 0.25) is 0 Å². The number of carbonyl (C=O) groups excluding carboxylic acids is 1. The van der Waals surface area contributed by atoms with Gasteiger partial charge in [-0.15, -0.1) is 0 Å². The topological polar surface area (TPSA) is 55.3 Å². The smallest absolute Gasteiger partial charge is 0.416 e. The highest BCUT2D eigenvalue weighted by Gasteiger charge is 2.31. The summed E-state index contributed by atoms with van der Waals surface area (Å²) in [6.45, 7) is 5.72. The number of nitrogens with zero attached hydrogens (tertiary/aromatic N) is 3. The van der Waals surface area contributed by atoms with Crippen molar-refractivity contribution in [1.29, 1.82) is 0 Å². The highest BCUT2D eigenvalue weighted by atomic mass is 35.5. The Morgan fingerprint density at radius 2 is 2.00 bits per heavy atom. The van der Waals surface area contributed by atoms with Crippen molar-refractivity contribution in [3.8, 4) is 0 Å². The van der Waals surface area contributed by atoms with Crippen molar-refractivity contribution in [2.24, 2.45) is 0 Å². The van der Waals surface area contributed by atoms with Gasteiger partial charge in [-0.25, -0.2) is 9.78 Å². The molecule has 0 aliphatic rings. The molecule has 0 fully saturated rings. The molecule has 0 bridgehead atoms. The maximum Gasteiger partial charge on any atom is 0.416 e. The number of halogens is 2. The molecule has 1 aromatic heterocycles. The van der Waals surface area contributed by atoms with E-state index < -0.39 is 11.6 Å². The van der Waals surface area contributed by atoms with Crippen molar-refractivity contribution in [2.75, 3.05) is 4.90 Å². The Hall–Kier alpha value is -1.85. The van der Waals surface area contributed by atoms with E-state index >= 15 is 0 Å². The monoisotopic (exact) mass is 353 g/mol. The summed E-state index contributed by atoms with van der Waals surface area (Å²) in [5.74, 6) is 0.334. The fraction of sp³-hybridized carbons (Fsp3) is 0.312. The molecule has 0 saturated carbocycles. The zero-order valence-electron chi connectivity index (χ0n) is 13.1. The normalized spacial score (nSPS) is 11.2. The number of aromatic nitrogens is 2. The molecule has 122 valence electrons. The summed E-state index contributed by atoms with van der Waals surface area (Å²) >= 11 is 11.8. The lowest BCUT2D eigenvalue weighted by Crippen LogP contribution is -2.46. The predicted octanol–water partition coefficient (Wildman–Crippen LogP) is 4.73. The lowest BCUT2D eigenvalue weighted by molar-refractivity contribution is 0.141. The maximum atomic E-state index is 12.5. The second-order valence-electron chi connectivity index (χ2n) is 5.89. The number of hydrogen-bond donors (Lipinski definition) is 0. The summed E-state index contributed by atoms with van der Waals surface area (Å²) in [5.41, 5.74) is 0.252. The van der Waals surface area contributed by atoms with Crippen LogP contribution in [0, 0.1) is 0 Å². The number of ether oxygens (including phenoxy) is 1. The van der Waals surface area contributed by atoms with Crippen LogP contribution >= 0.6 is 23.2 Å². The molecular weight excluding hydrogens is 337 g/mol. The van der Waals surface area contributed by atoms with Crippen molar-refractivity contribution < 1.29 is 9.53 Å². The average molecular weight is 354 g/mol. The van der Waals surface area contributed by atoms with Gasteiger partial charge in [-0.3, -0.25) is 9.88 Å². The Balaban J connectivity index is 2.18. The molecule has 2 rings (SSSR count). The molecule has 1 amide bonds. The second kappa shape index (κ2) is 7.15. The largest absolute Gasteiger partial charge is 0.444 e. The molecule has 7 heteroatoms. The first-order valence-electron chi connectivity index (χ1n) is 6.96. The van der Waals surface area contributed by atoms with Gasteiger partial charge in [0, 0.05) is 10.6 Å². The van der Waals surface area contributed by atoms with Crippen molar-refractivity contribution in [3.63, 3.8) is 0 Å². The molecule has 1 heterocycles. The maximum absolute atomic E-state index is 12.5. The van der Waals surface area contributed by atoms with E-state index in [2.05, 4.69) is 9.97 Å². The molecule has 0 radical (unpaired) electrons. The summed E-state index contributed by atoms with van der Waals surface area (Å²) in [6, 6.07) is 7.14. The third kappa shape index (κ3) is 4.81. The van der Waals surface area contributed by atoms with Crippen molar-refractivity contribution >= 4 is 35.1 Å². The van der Waals surface area contributed by atoms with Gasteiger partial charge >= 0.3 is 6.09 Å². The third-order valence-corrected chi connectivity index (χ3v) is 3.34. The quantitative estimate of drug-likeness (QED) is 0.800. The lowest BCUT2D eigenvalue weighted by atomic mass is 10.1. The fourth-order valence-corrected chi connectivity index (χ4v) is 2.34. The first-order valence-corrected chi connectivity index (χ1v) is 7.72. The first kappa shape index (κ1) is 17.5. The Morgan fingerprint density at radius 1 is 1.26 bits per heavy atom. The van der Waals surface area contributed by atoms with Crippen LogP contribution in [0.5, 0.6) is 0 Å². The lowest BCUT2D eigenvalue weighted by Gasteiger charge is -2.33. The molecule has 0 aliphatic heterocycles. The van der Waals surface area contributed by atoms with Gasteiger partial charge in [0.1, 0.15) is 11.8 Å². The molecule has 0 spiro atoms. The Labute approximate surface area is 145 Å². The van der Waals surface area contributed by atoms with Gasteiger partial charge in [-0.05, 0) is 38.5 Å². The molecule has 0 atom stereocenters. The molecule has 0 aliphatic carbocycles. The van der Waals surface area contributed by atoms with Gasteiger partial charge in [0.05, 0.1) is 12.4 Å². The zero-order chi connectivity index (χ0) is 17.0. The number of rotatable bonds is 3. The van der Waals surface area contributed by atoms with E-state index in [0.717, 1.165) is 5.56 Å². The first-order chi connectivity index (χ1) is 10.8. The van der Waals surface area contributed by atoms with E-state index in [1.807, 2.05) is 26.8 Å². The van der Waals surface area contributed by atoms with Crippen LogP contribution in [0.2, 0.25) is 10.2 Å². The molecule has 5 nitrogen and oxygen atoms in total. The highest BCUT2D eigenvalue weighted by molar-refractivity contribution is 6.30. The van der Waals surface area contributed by atoms with Crippen LogP contribution in [0.15, 0.2) is 36.7 Å². The molecule has 1 aromatic carbocycles. The number of hydrogen-bond acceptors (Lipinski definition) is 4. The highest BCUT2D eigenvalue weighted by Crippen LogP contribution is 2.24. The van der Waals surface area contributed by atoms with Crippen LogP contribution in [-0.2, 0) is 11.3 Å². The Morgan fingerprint density at radius 3 is 2.61 bits per heavy atom. The van der Waals surface area contributed by atoms with Gasteiger partial charge < -0.3 is 4.74 Å². The molecule has 0 N–H and O–H groups in total. The zero-order valence-corrected chi connectivity index (χ0v) is 14.6. The van der Waals surface area contributed by atoms with Gasteiger partial charge in [0.25, 0.3) is 0 Å². The number of carbonyl (C=O) groups is 1. The van der Waals surface area contributed by atoms with E-state index in [9.17, 15) is 4.79 Å². The number of benzene rings is 1. The van der Waals surface area contributed by atoms with E-state index in [4.69, 9.17) is 27.9 Å². The summed E-state index contributed by atoms with van der Waals surface area (Å²) in [4.78, 5) is 22.0. The summed E-state index contributed by atoms with van der Waals surface area (Å²) < 4.78 is 5.38. The third-order valence-electron chi connectivity index (χ3n) is 2.93. The standard InChI is InChI=1S/C16H17Cl2N3O2/c1-16(2,3)21(14-9-19-8-13(18)20-14)15(22)23-10-11-5-4-6-12(17)7-11/h4-9H,10H2,1-3H3. The Kier molecular flexibility index (Phi) is 5.44. The fourth-order valence-electron chi connectivity index (χ4n) is 1.99. The van der Waals surface area contributed by atoms with Crippen LogP contribution < -0.4 is 4.90 Å². The van der Waals surface area contributed by atoms with Crippen LogP contribution in [-0.4, -0.2) is 21.6 Å². The molecule has 0 saturated heterocycles. The molecule has 0 unspecified atom stereocenters. The molecular formula is C16H17Cl2N3O2. The molecule has 23 heavy (non-hydrogen) atoms. The minimum Gasteiger partial charge on any atom is -0.444 e. The van der Waals surface area contributed by atoms with Crippen LogP contribution in [0.4, 0.5) is 10.6 Å². The summed E-state index contributed by atoms with van der Waals surface area (Å²) in [7, 11) is 0. The van der Waals surface area contributed by atoms with Crippen LogP contribution in [0.3, 0.4) is 0 Å². The van der Waals surface area contributed by atoms with Crippen molar-refractivity contribution in [2.45, 2.75) is 32.9 Å². The van der Waals surface area contributed by atoms with Gasteiger partial charge in [-0.1, -0.05) is 35.3 Å². The predicted molar refractivity (Wildman–Crippen MR) is 90.9 cm³/mol. The molecule has 2 aromatic rings. The SMILES string of the molecule is CC(C)(C)N(C(=O)OCc1cccc(Cl)c1)c1cncc(Cl)n1. The number of anilines is 1. The van der Waals surface area contributed by atoms with Gasteiger partial charge in [-0.2, -0.15) is 0 Å². The second-order valence-corrected chi connectivity index (χ2v) is 6.71. The summed E-state index contributed by atoms with van der Waals surface area (Å²) in [6.07, 6.45) is 2.34. The van der Waals surface area contributed by atoms with Gasteiger partial charge in [0.15, 0.2) is 5.82 Å².